The van der Waals surface area contributed by atoms with E-state index in [0.29, 0.717) is 0 Å². The van der Waals surface area contributed by atoms with Crippen LogP contribution in [-0.2, 0) is 19.1 Å². The predicted octanol–water partition coefficient (Wildman–Crippen LogP) is 4.50. The van der Waals surface area contributed by atoms with Gasteiger partial charge in [-0.25, -0.2) is 0 Å². The predicted molar refractivity (Wildman–Crippen MR) is 88.5 cm³/mol. The normalized spacial score (nSPS) is 15.0. The molecule has 0 aliphatic carbocycles. The first-order valence-corrected chi connectivity index (χ1v) is 8.83. The molecule has 0 aliphatic heterocycles. The first kappa shape index (κ1) is 20.9. The van der Waals surface area contributed by atoms with Gasteiger partial charge in [0.25, 0.3) is 0 Å². The highest BCUT2D eigenvalue weighted by molar-refractivity contribution is 5.73. The summed E-state index contributed by atoms with van der Waals surface area (Å²) < 4.78 is 10.9. The average Bonchev–Trinajstić information content (AvgIpc) is 2.49. The van der Waals surface area contributed by atoms with Crippen molar-refractivity contribution in [2.24, 2.45) is 11.8 Å². The summed E-state index contributed by atoms with van der Waals surface area (Å²) in [6, 6.07) is 0. The molecule has 0 bridgehead atoms. The van der Waals surface area contributed by atoms with Crippen molar-refractivity contribution in [3.63, 3.8) is 0 Å². The van der Waals surface area contributed by atoms with Gasteiger partial charge < -0.3 is 9.47 Å². The number of hydrogen-bond acceptors (Lipinski definition) is 4. The van der Waals surface area contributed by atoms with E-state index in [9.17, 15) is 9.59 Å². The Labute approximate surface area is 135 Å². The number of unbranched alkanes of at least 4 members (excludes halogenated alkanes) is 1. The number of hydrogen-bond donors (Lipinski definition) is 0. The standard InChI is InChI=1S/C18H34O4/c1-6-9-12-16(22-18(20)15(5)11-8-3)13-21-17(19)14(4)10-7-2/h14-16H,6-13H2,1-5H3. The van der Waals surface area contributed by atoms with Crippen LogP contribution in [0.4, 0.5) is 0 Å². The van der Waals surface area contributed by atoms with Crippen LogP contribution in [0.15, 0.2) is 0 Å². The Hall–Kier alpha value is -1.06. The van der Waals surface area contributed by atoms with E-state index in [1.807, 2.05) is 20.8 Å². The average molecular weight is 314 g/mol. The van der Waals surface area contributed by atoms with Crippen molar-refractivity contribution in [3.05, 3.63) is 0 Å². The lowest BCUT2D eigenvalue weighted by Crippen LogP contribution is -2.29. The molecule has 22 heavy (non-hydrogen) atoms. The van der Waals surface area contributed by atoms with Crippen LogP contribution < -0.4 is 0 Å². The Morgan fingerprint density at radius 3 is 1.86 bits per heavy atom. The maximum absolute atomic E-state index is 12.0. The summed E-state index contributed by atoms with van der Waals surface area (Å²) in [5.41, 5.74) is 0. The van der Waals surface area contributed by atoms with E-state index in [2.05, 4.69) is 13.8 Å². The minimum absolute atomic E-state index is 0.0912. The maximum atomic E-state index is 12.0. The molecule has 4 heteroatoms. The molecule has 0 aromatic carbocycles. The number of rotatable bonds is 12. The smallest absolute Gasteiger partial charge is 0.309 e. The maximum Gasteiger partial charge on any atom is 0.309 e. The Morgan fingerprint density at radius 1 is 0.818 bits per heavy atom. The van der Waals surface area contributed by atoms with Crippen LogP contribution >= 0.6 is 0 Å². The molecule has 0 saturated carbocycles. The van der Waals surface area contributed by atoms with Crippen molar-refractivity contribution in [3.8, 4) is 0 Å². The molecule has 0 spiro atoms. The van der Waals surface area contributed by atoms with E-state index in [1.165, 1.54) is 0 Å². The number of esters is 2. The second kappa shape index (κ2) is 12.5. The molecular weight excluding hydrogens is 280 g/mol. The van der Waals surface area contributed by atoms with E-state index in [0.717, 1.165) is 44.9 Å². The molecule has 0 aromatic heterocycles. The monoisotopic (exact) mass is 314 g/mol. The molecule has 0 fully saturated rings. The summed E-state index contributed by atoms with van der Waals surface area (Å²) in [6.07, 6.45) is 5.98. The molecule has 0 radical (unpaired) electrons. The van der Waals surface area contributed by atoms with E-state index >= 15 is 0 Å². The minimum Gasteiger partial charge on any atom is -0.462 e. The third-order valence-electron chi connectivity index (χ3n) is 3.82. The SMILES string of the molecule is CCCCC(COC(=O)C(C)CCC)OC(=O)C(C)CCC. The van der Waals surface area contributed by atoms with Gasteiger partial charge in [0.2, 0.25) is 0 Å². The van der Waals surface area contributed by atoms with Gasteiger partial charge in [-0.2, -0.15) is 0 Å². The quantitative estimate of drug-likeness (QED) is 0.498. The molecule has 0 amide bonds. The van der Waals surface area contributed by atoms with Crippen LogP contribution in [0.5, 0.6) is 0 Å². The highest BCUT2D eigenvalue weighted by atomic mass is 16.6. The third-order valence-corrected chi connectivity index (χ3v) is 3.82. The van der Waals surface area contributed by atoms with E-state index < -0.39 is 0 Å². The van der Waals surface area contributed by atoms with Crippen molar-refractivity contribution < 1.29 is 19.1 Å². The zero-order valence-corrected chi connectivity index (χ0v) is 15.0. The lowest BCUT2D eigenvalue weighted by molar-refractivity contribution is -0.164. The number of carbonyl (C=O) groups is 2. The summed E-state index contributed by atoms with van der Waals surface area (Å²) in [5, 5.41) is 0. The molecule has 3 unspecified atom stereocenters. The third kappa shape index (κ3) is 9.06. The molecule has 3 atom stereocenters. The van der Waals surface area contributed by atoms with Crippen molar-refractivity contribution >= 4 is 11.9 Å². The lowest BCUT2D eigenvalue weighted by atomic mass is 10.1. The lowest BCUT2D eigenvalue weighted by Gasteiger charge is -2.21. The van der Waals surface area contributed by atoms with Gasteiger partial charge >= 0.3 is 11.9 Å². The number of ether oxygens (including phenoxy) is 2. The highest BCUT2D eigenvalue weighted by Crippen LogP contribution is 2.14. The number of carbonyl (C=O) groups excluding carboxylic acids is 2. The van der Waals surface area contributed by atoms with Crippen LogP contribution in [0.1, 0.15) is 79.6 Å². The summed E-state index contributed by atoms with van der Waals surface area (Å²) in [5.74, 6) is -0.558. The largest absolute Gasteiger partial charge is 0.462 e. The summed E-state index contributed by atoms with van der Waals surface area (Å²) >= 11 is 0. The van der Waals surface area contributed by atoms with Gasteiger partial charge in [-0.05, 0) is 25.7 Å². The van der Waals surface area contributed by atoms with Crippen LogP contribution in [0.2, 0.25) is 0 Å². The van der Waals surface area contributed by atoms with Gasteiger partial charge in [-0.3, -0.25) is 9.59 Å². The van der Waals surface area contributed by atoms with Gasteiger partial charge in [0.15, 0.2) is 0 Å². The fourth-order valence-electron chi connectivity index (χ4n) is 2.31. The van der Waals surface area contributed by atoms with Crippen molar-refractivity contribution in [1.29, 1.82) is 0 Å². The van der Waals surface area contributed by atoms with Crippen LogP contribution in [0.25, 0.3) is 0 Å². The highest BCUT2D eigenvalue weighted by Gasteiger charge is 2.21. The summed E-state index contributed by atoms with van der Waals surface area (Å²) in [7, 11) is 0. The van der Waals surface area contributed by atoms with Gasteiger partial charge in [0.1, 0.15) is 12.7 Å². The fourth-order valence-corrected chi connectivity index (χ4v) is 2.31. The Kier molecular flexibility index (Phi) is 11.9. The first-order chi connectivity index (χ1) is 10.5. The van der Waals surface area contributed by atoms with E-state index in [1.54, 1.807) is 0 Å². The second-order valence-electron chi connectivity index (χ2n) is 6.21. The Morgan fingerprint density at radius 2 is 1.36 bits per heavy atom. The van der Waals surface area contributed by atoms with Crippen LogP contribution in [0, 0.1) is 11.8 Å². The van der Waals surface area contributed by atoms with Gasteiger partial charge in [-0.1, -0.05) is 53.9 Å². The Bertz CT molecular complexity index is 314. The van der Waals surface area contributed by atoms with Crippen molar-refractivity contribution in [2.45, 2.75) is 85.7 Å². The fraction of sp³-hybridized carbons (Fsp3) is 0.889. The van der Waals surface area contributed by atoms with Crippen molar-refractivity contribution in [1.82, 2.24) is 0 Å². The van der Waals surface area contributed by atoms with Crippen molar-refractivity contribution in [2.75, 3.05) is 6.61 Å². The van der Waals surface area contributed by atoms with Gasteiger partial charge in [0.05, 0.1) is 11.8 Å². The zero-order valence-electron chi connectivity index (χ0n) is 15.0. The Balaban J connectivity index is 4.38. The van der Waals surface area contributed by atoms with E-state index in [-0.39, 0.29) is 36.5 Å². The molecule has 0 aromatic rings. The molecule has 0 heterocycles. The van der Waals surface area contributed by atoms with Gasteiger partial charge in [-0.15, -0.1) is 0 Å². The molecule has 0 rings (SSSR count). The molecule has 0 saturated heterocycles. The van der Waals surface area contributed by atoms with E-state index in [4.69, 9.17) is 9.47 Å². The molecule has 130 valence electrons. The molecule has 4 nitrogen and oxygen atoms in total. The summed E-state index contributed by atoms with van der Waals surface area (Å²) in [4.78, 5) is 23.9. The zero-order chi connectivity index (χ0) is 17.0. The molecular formula is C18H34O4. The minimum atomic E-state index is -0.315. The topological polar surface area (TPSA) is 52.6 Å². The molecule has 0 N–H and O–H groups in total. The second-order valence-corrected chi connectivity index (χ2v) is 6.21. The van der Waals surface area contributed by atoms with Gasteiger partial charge in [0, 0.05) is 0 Å². The first-order valence-electron chi connectivity index (χ1n) is 8.83. The summed E-state index contributed by atoms with van der Waals surface area (Å²) in [6.45, 7) is 10.1. The van der Waals surface area contributed by atoms with Crippen LogP contribution in [0.3, 0.4) is 0 Å². The van der Waals surface area contributed by atoms with Crippen LogP contribution in [-0.4, -0.2) is 24.6 Å². The molecule has 0 aliphatic rings.